The Hall–Kier alpha value is -3.07. The summed E-state index contributed by atoms with van der Waals surface area (Å²) in [4.78, 5) is 23.9. The number of carbonyl (C=O) groups excluding carboxylic acids is 2. The number of nitrogens with two attached hydrogens (primary N) is 1. The minimum Gasteiger partial charge on any atom is -0.463 e. The molecule has 1 unspecified atom stereocenters. The molecule has 1 aromatic rings. The third-order valence-corrected chi connectivity index (χ3v) is 3.30. The van der Waals surface area contributed by atoms with Gasteiger partial charge in [0, 0.05) is 0 Å². The lowest BCUT2D eigenvalue weighted by molar-refractivity contribution is -0.140. The van der Waals surface area contributed by atoms with Crippen LogP contribution in [0.3, 0.4) is 0 Å². The van der Waals surface area contributed by atoms with Crippen molar-refractivity contribution in [1.82, 2.24) is 0 Å². The molecule has 2 rings (SSSR count). The number of ketones is 1. The van der Waals surface area contributed by atoms with E-state index in [9.17, 15) is 14.9 Å². The summed E-state index contributed by atoms with van der Waals surface area (Å²) >= 11 is 0. The van der Waals surface area contributed by atoms with E-state index in [2.05, 4.69) is 4.74 Å². The van der Waals surface area contributed by atoms with Crippen molar-refractivity contribution in [2.24, 2.45) is 5.73 Å². The third-order valence-electron chi connectivity index (χ3n) is 3.30. The van der Waals surface area contributed by atoms with Crippen molar-refractivity contribution in [1.29, 1.82) is 5.26 Å². The lowest BCUT2D eigenvalue weighted by atomic mass is 9.81. The van der Waals surface area contributed by atoms with Gasteiger partial charge in [-0.2, -0.15) is 5.26 Å². The van der Waals surface area contributed by atoms with E-state index in [1.807, 2.05) is 6.07 Å². The zero-order valence-electron chi connectivity index (χ0n) is 12.1. The third kappa shape index (κ3) is 2.56. The second-order valence-corrected chi connectivity index (χ2v) is 4.63. The Bertz CT molecular complexity index is 726. The molecule has 0 amide bonds. The molecule has 112 valence electrons. The Morgan fingerprint density at radius 3 is 2.45 bits per heavy atom. The number of hydrogen-bond donors (Lipinski definition) is 1. The molecule has 6 heteroatoms. The Morgan fingerprint density at radius 2 is 1.95 bits per heavy atom. The number of carbonyl (C=O) groups is 2. The summed E-state index contributed by atoms with van der Waals surface area (Å²) in [5, 5.41) is 9.36. The Kier molecular flexibility index (Phi) is 4.28. The van der Waals surface area contributed by atoms with Crippen LogP contribution in [0.5, 0.6) is 0 Å². The average Bonchev–Trinajstić information content (AvgIpc) is 2.53. The predicted molar refractivity (Wildman–Crippen MR) is 76.8 cm³/mol. The van der Waals surface area contributed by atoms with Crippen molar-refractivity contribution in [3.8, 4) is 6.07 Å². The normalized spacial score (nSPS) is 17.6. The van der Waals surface area contributed by atoms with Crippen LogP contribution in [0.25, 0.3) is 0 Å². The summed E-state index contributed by atoms with van der Waals surface area (Å²) in [6.07, 6.45) is 0. The summed E-state index contributed by atoms with van der Waals surface area (Å²) in [7, 11) is 1.17. The number of Topliss-reactive ketones (excluding diaryl/α,β-unsaturated/α-hetero) is 1. The van der Waals surface area contributed by atoms with Gasteiger partial charge in [0.05, 0.1) is 18.6 Å². The summed E-state index contributed by atoms with van der Waals surface area (Å²) in [6, 6.07) is 10.8. The molecule has 1 aliphatic heterocycles. The molecule has 0 spiro atoms. The first-order chi connectivity index (χ1) is 10.5. The standard InChI is InChI=1S/C16H14N2O4/c1-9(19)12-13(10-6-4-3-5-7-10)11(8-17)15(18)22-14(12)16(20)21-2/h3-7,13H,18H2,1-2H3. The fourth-order valence-electron chi connectivity index (χ4n) is 2.34. The zero-order chi connectivity index (χ0) is 16.3. The van der Waals surface area contributed by atoms with Gasteiger partial charge in [-0.25, -0.2) is 4.79 Å². The maximum atomic E-state index is 12.1. The first-order valence-electron chi connectivity index (χ1n) is 6.47. The second-order valence-electron chi connectivity index (χ2n) is 4.63. The van der Waals surface area contributed by atoms with Gasteiger partial charge in [0.2, 0.25) is 11.6 Å². The van der Waals surface area contributed by atoms with E-state index in [0.29, 0.717) is 5.56 Å². The fraction of sp³-hybridized carbons (Fsp3) is 0.188. The molecule has 0 aromatic heterocycles. The molecule has 0 fully saturated rings. The van der Waals surface area contributed by atoms with Crippen LogP contribution in [0.1, 0.15) is 18.4 Å². The van der Waals surface area contributed by atoms with Gasteiger partial charge in [-0.15, -0.1) is 0 Å². The van der Waals surface area contributed by atoms with Gasteiger partial charge in [0.15, 0.2) is 5.78 Å². The van der Waals surface area contributed by atoms with E-state index in [-0.39, 0.29) is 22.8 Å². The molecule has 1 aliphatic rings. The molecule has 6 nitrogen and oxygen atoms in total. The van der Waals surface area contributed by atoms with Gasteiger partial charge in [-0.1, -0.05) is 30.3 Å². The number of esters is 1. The number of hydrogen-bond acceptors (Lipinski definition) is 6. The summed E-state index contributed by atoms with van der Waals surface area (Å²) < 4.78 is 9.82. The van der Waals surface area contributed by atoms with Crippen molar-refractivity contribution < 1.29 is 19.1 Å². The molecular weight excluding hydrogens is 284 g/mol. The highest BCUT2D eigenvalue weighted by Gasteiger charge is 2.38. The van der Waals surface area contributed by atoms with Crippen LogP contribution in [0.15, 0.2) is 53.1 Å². The molecule has 0 saturated carbocycles. The highest BCUT2D eigenvalue weighted by molar-refractivity contribution is 6.04. The SMILES string of the molecule is COC(=O)C1=C(C(C)=O)C(c2ccccc2)C(C#N)=C(N)O1. The van der Waals surface area contributed by atoms with E-state index >= 15 is 0 Å². The molecule has 0 saturated heterocycles. The maximum Gasteiger partial charge on any atom is 0.374 e. The van der Waals surface area contributed by atoms with Crippen LogP contribution in [0.4, 0.5) is 0 Å². The maximum absolute atomic E-state index is 12.1. The van der Waals surface area contributed by atoms with E-state index < -0.39 is 17.7 Å². The van der Waals surface area contributed by atoms with Gasteiger partial charge in [0.25, 0.3) is 0 Å². The van der Waals surface area contributed by atoms with Crippen molar-refractivity contribution in [3.05, 3.63) is 58.7 Å². The van der Waals surface area contributed by atoms with E-state index in [1.165, 1.54) is 14.0 Å². The Balaban J connectivity index is 2.73. The van der Waals surface area contributed by atoms with Crippen molar-refractivity contribution >= 4 is 11.8 Å². The van der Waals surface area contributed by atoms with Crippen LogP contribution in [-0.4, -0.2) is 18.9 Å². The number of allylic oxidation sites excluding steroid dienone is 2. The van der Waals surface area contributed by atoms with Gasteiger partial charge in [0.1, 0.15) is 11.6 Å². The summed E-state index contributed by atoms with van der Waals surface area (Å²) in [5.74, 6) is -2.45. The lowest BCUT2D eigenvalue weighted by Crippen LogP contribution is -2.27. The minimum atomic E-state index is -0.814. The Labute approximate surface area is 127 Å². The smallest absolute Gasteiger partial charge is 0.374 e. The van der Waals surface area contributed by atoms with E-state index in [0.717, 1.165) is 0 Å². The quantitative estimate of drug-likeness (QED) is 0.848. The predicted octanol–water partition coefficient (Wildman–Crippen LogP) is 1.51. The first kappa shape index (κ1) is 15.3. The molecule has 1 atom stereocenters. The average molecular weight is 298 g/mol. The van der Waals surface area contributed by atoms with Crippen molar-refractivity contribution in [3.63, 3.8) is 0 Å². The molecule has 22 heavy (non-hydrogen) atoms. The fourth-order valence-corrected chi connectivity index (χ4v) is 2.34. The van der Waals surface area contributed by atoms with Crippen molar-refractivity contribution in [2.45, 2.75) is 12.8 Å². The monoisotopic (exact) mass is 298 g/mol. The molecule has 0 radical (unpaired) electrons. The molecule has 0 aliphatic carbocycles. The van der Waals surface area contributed by atoms with E-state index in [1.54, 1.807) is 30.3 Å². The van der Waals surface area contributed by atoms with Gasteiger partial charge < -0.3 is 15.2 Å². The van der Waals surface area contributed by atoms with Crippen molar-refractivity contribution in [2.75, 3.05) is 7.11 Å². The van der Waals surface area contributed by atoms with Gasteiger partial charge in [-0.3, -0.25) is 4.79 Å². The Morgan fingerprint density at radius 1 is 1.32 bits per heavy atom. The van der Waals surface area contributed by atoms with Crippen LogP contribution >= 0.6 is 0 Å². The number of ether oxygens (including phenoxy) is 2. The molecule has 1 aromatic carbocycles. The van der Waals surface area contributed by atoms with Gasteiger partial charge >= 0.3 is 5.97 Å². The molecule has 0 bridgehead atoms. The second kappa shape index (κ2) is 6.14. The van der Waals surface area contributed by atoms with Crippen LogP contribution in [0.2, 0.25) is 0 Å². The number of rotatable bonds is 3. The summed E-state index contributed by atoms with van der Waals surface area (Å²) in [5.41, 5.74) is 6.55. The largest absolute Gasteiger partial charge is 0.463 e. The highest BCUT2D eigenvalue weighted by Crippen LogP contribution is 2.39. The number of nitriles is 1. The summed E-state index contributed by atoms with van der Waals surface area (Å²) in [6.45, 7) is 1.30. The number of nitrogens with zero attached hydrogens (tertiary/aromatic N) is 1. The highest BCUT2D eigenvalue weighted by atomic mass is 16.6. The molecule has 2 N–H and O–H groups in total. The molecular formula is C16H14N2O4. The lowest BCUT2D eigenvalue weighted by Gasteiger charge is -2.26. The van der Waals surface area contributed by atoms with Crippen LogP contribution in [0, 0.1) is 11.3 Å². The topological polar surface area (TPSA) is 102 Å². The zero-order valence-corrected chi connectivity index (χ0v) is 12.1. The first-order valence-corrected chi connectivity index (χ1v) is 6.47. The van der Waals surface area contributed by atoms with E-state index in [4.69, 9.17) is 10.5 Å². The number of methoxy groups -OCH3 is 1. The van der Waals surface area contributed by atoms with Crippen LogP contribution in [-0.2, 0) is 19.1 Å². The molecule has 1 heterocycles. The van der Waals surface area contributed by atoms with Gasteiger partial charge in [-0.05, 0) is 12.5 Å². The minimum absolute atomic E-state index is 0.0591. The number of benzene rings is 1. The van der Waals surface area contributed by atoms with Crippen LogP contribution < -0.4 is 5.73 Å².